The van der Waals surface area contributed by atoms with E-state index < -0.39 is 13.3 Å². The molecule has 0 nitrogen and oxygen atoms in total. The average molecular weight is 477 g/mol. The van der Waals surface area contributed by atoms with Crippen LogP contribution < -0.4 is 0 Å². The van der Waals surface area contributed by atoms with Gasteiger partial charge in [-0.2, -0.15) is 0 Å². The molecule has 4 aromatic carbocycles. The molecule has 0 saturated carbocycles. The fraction of sp³-hybridized carbons (Fsp3) is 0. The maximum atomic E-state index is 3.48. The molecule has 0 fully saturated rings. The zero-order valence-electron chi connectivity index (χ0n) is 18.0. The van der Waals surface area contributed by atoms with Gasteiger partial charge in [0, 0.05) is 0 Å². The Balaban J connectivity index is 1.88. The summed E-state index contributed by atoms with van der Waals surface area (Å²) in [7, 11) is 0. The van der Waals surface area contributed by atoms with Crippen molar-refractivity contribution in [3.8, 4) is 42.7 Å². The van der Waals surface area contributed by atoms with E-state index in [9.17, 15) is 0 Å². The zero-order chi connectivity index (χ0) is 22.6. The zero-order valence-corrected chi connectivity index (χ0v) is 20.1. The molecule has 4 rings (SSSR count). The van der Waals surface area contributed by atoms with Crippen LogP contribution in [0.15, 0.2) is 121 Å². The molecule has 0 heterocycles. The van der Waals surface area contributed by atoms with Gasteiger partial charge >= 0.3 is 200 Å². The topological polar surface area (TPSA) is 0 Å². The maximum absolute atomic E-state index is 3.62. The fourth-order valence-electron chi connectivity index (χ4n) is 2.94. The molecule has 0 aliphatic carbocycles. The van der Waals surface area contributed by atoms with Gasteiger partial charge in [0.1, 0.15) is 0 Å². The first-order valence-electron chi connectivity index (χ1n) is 10.6. The summed E-state index contributed by atoms with van der Waals surface area (Å²) in [5, 5.41) is 0. The van der Waals surface area contributed by atoms with Gasteiger partial charge in [0.05, 0.1) is 0 Å². The Kier molecular flexibility index (Phi) is 7.51. The van der Waals surface area contributed by atoms with Crippen molar-refractivity contribution in [3.63, 3.8) is 0 Å². The van der Waals surface area contributed by atoms with Crippen LogP contribution in [0.5, 0.6) is 0 Å². The number of hydrogen-bond donors (Lipinski definition) is 0. The van der Waals surface area contributed by atoms with E-state index in [0.717, 1.165) is 22.3 Å². The predicted octanol–water partition coefficient (Wildman–Crippen LogP) is 5.80. The van der Waals surface area contributed by atoms with Crippen LogP contribution in [0.25, 0.3) is 0 Å². The van der Waals surface area contributed by atoms with Gasteiger partial charge in [-0.3, -0.25) is 0 Å². The number of benzene rings is 4. The van der Waals surface area contributed by atoms with Gasteiger partial charge in [-0.15, -0.1) is 0 Å². The van der Waals surface area contributed by atoms with Crippen molar-refractivity contribution in [1.82, 2.24) is 0 Å². The third-order valence-electron chi connectivity index (χ3n) is 4.67. The van der Waals surface area contributed by atoms with Crippen molar-refractivity contribution in [1.29, 1.82) is 0 Å². The van der Waals surface area contributed by atoms with Gasteiger partial charge in [-0.1, -0.05) is 0 Å². The minimum absolute atomic E-state index is 0.942. The molecule has 0 bridgehead atoms. The summed E-state index contributed by atoms with van der Waals surface area (Å²) < 4.78 is 13.9. The molecule has 0 saturated heterocycles. The van der Waals surface area contributed by atoms with Gasteiger partial charge < -0.3 is 0 Å². The molecule has 4 aromatic rings. The van der Waals surface area contributed by atoms with Crippen molar-refractivity contribution >= 4 is 13.3 Å². The Labute approximate surface area is 199 Å². The second kappa shape index (κ2) is 11.3. The van der Waals surface area contributed by atoms with E-state index in [4.69, 9.17) is 0 Å². The van der Waals surface area contributed by atoms with E-state index in [0.29, 0.717) is 0 Å². The molecule has 0 amide bonds. The van der Waals surface area contributed by atoms with Crippen molar-refractivity contribution in [2.45, 2.75) is 0 Å². The van der Waals surface area contributed by atoms with Crippen LogP contribution in [0.4, 0.5) is 0 Å². The average Bonchev–Trinajstić information content (AvgIpc) is 2.90. The minimum atomic E-state index is -3.62. The summed E-state index contributed by atoms with van der Waals surface area (Å²) in [6.07, 6.45) is 0. The molecule has 0 aliphatic heterocycles. The predicted molar refractivity (Wildman–Crippen MR) is 139 cm³/mol. The molecular weight excluding hydrogens is 457 g/mol. The first kappa shape index (κ1) is 21.9. The molecule has 152 valence electrons. The second-order valence-corrected chi connectivity index (χ2v) is 12.5. The summed E-state index contributed by atoms with van der Waals surface area (Å²) in [6.45, 7) is 0. The van der Waals surface area contributed by atoms with Gasteiger partial charge in [-0.25, -0.2) is 0 Å². The molecule has 33 heavy (non-hydrogen) atoms. The van der Waals surface area contributed by atoms with Gasteiger partial charge in [-0.05, 0) is 0 Å². The number of rotatable bonds is 0. The van der Waals surface area contributed by atoms with Crippen LogP contribution in [-0.4, -0.2) is 13.3 Å². The van der Waals surface area contributed by atoms with E-state index >= 15 is 0 Å². The normalized spacial score (nSPS) is 9.45. The Morgan fingerprint density at radius 3 is 0.727 bits per heavy atom. The summed E-state index contributed by atoms with van der Waals surface area (Å²) in [5.41, 5.74) is 3.77. The Morgan fingerprint density at radius 2 is 0.515 bits per heavy atom. The summed E-state index contributed by atoms with van der Waals surface area (Å²) in [4.78, 5) is 0. The Bertz CT molecular complexity index is 1210. The quantitative estimate of drug-likeness (QED) is 0.222. The molecule has 0 unspecified atom stereocenters. The SMILES string of the molecule is C(#[C][Ge]([C]#Cc1ccccc1)([C]#Cc1ccccc1)[C]#Cc1ccccc1)c1ccccc1. The van der Waals surface area contributed by atoms with E-state index in [2.05, 4.69) is 42.7 Å². The number of hydrogen-bond acceptors (Lipinski definition) is 0. The fourth-order valence-corrected chi connectivity index (χ4v) is 6.51. The first-order valence-corrected chi connectivity index (χ1v) is 14.8. The van der Waals surface area contributed by atoms with Crippen LogP contribution in [0.1, 0.15) is 22.3 Å². The van der Waals surface area contributed by atoms with E-state index in [-0.39, 0.29) is 0 Å². The van der Waals surface area contributed by atoms with Crippen molar-refractivity contribution < 1.29 is 0 Å². The van der Waals surface area contributed by atoms with Crippen molar-refractivity contribution in [3.05, 3.63) is 144 Å². The standard InChI is InChI=1S/C32H20Ge/c1-5-13-29(14-6-1)21-25-33(26-22-30-15-7-2-8-16-30,27-23-31-17-9-3-10-18-31)28-24-32-19-11-4-12-20-32/h1-20H. The molecule has 0 spiro atoms. The van der Waals surface area contributed by atoms with Crippen LogP contribution in [-0.2, 0) is 0 Å². The third-order valence-corrected chi connectivity index (χ3v) is 8.87. The van der Waals surface area contributed by atoms with Gasteiger partial charge in [0.25, 0.3) is 0 Å². The Hall–Kier alpha value is -4.34. The molecule has 0 atom stereocenters. The summed E-state index contributed by atoms with van der Waals surface area (Å²) in [6, 6.07) is 39.8. The van der Waals surface area contributed by atoms with Crippen LogP contribution in [0, 0.1) is 42.7 Å². The molecule has 0 N–H and O–H groups in total. The second-order valence-electron chi connectivity index (χ2n) is 7.21. The third kappa shape index (κ3) is 6.83. The molecule has 1 heteroatoms. The van der Waals surface area contributed by atoms with Crippen LogP contribution in [0.2, 0.25) is 0 Å². The Morgan fingerprint density at radius 1 is 0.303 bits per heavy atom. The van der Waals surface area contributed by atoms with Crippen molar-refractivity contribution in [2.24, 2.45) is 0 Å². The molecule has 0 aromatic heterocycles. The van der Waals surface area contributed by atoms with E-state index in [1.165, 1.54) is 0 Å². The van der Waals surface area contributed by atoms with Crippen molar-refractivity contribution in [2.75, 3.05) is 0 Å². The summed E-state index contributed by atoms with van der Waals surface area (Å²) >= 11 is -3.62. The molecular formula is C32H20Ge. The monoisotopic (exact) mass is 478 g/mol. The first-order chi connectivity index (χ1) is 16.3. The van der Waals surface area contributed by atoms with E-state index in [1.807, 2.05) is 121 Å². The van der Waals surface area contributed by atoms with Crippen LogP contribution in [0.3, 0.4) is 0 Å². The van der Waals surface area contributed by atoms with E-state index in [1.54, 1.807) is 0 Å². The summed E-state index contributed by atoms with van der Waals surface area (Å²) in [5.74, 6) is 13.3. The molecule has 0 aliphatic rings. The van der Waals surface area contributed by atoms with Gasteiger partial charge in [0.2, 0.25) is 0 Å². The molecule has 0 radical (unpaired) electrons. The van der Waals surface area contributed by atoms with Gasteiger partial charge in [0.15, 0.2) is 0 Å². The van der Waals surface area contributed by atoms with Crippen LogP contribution >= 0.6 is 0 Å².